The Labute approximate surface area is 121 Å². The Morgan fingerprint density at radius 3 is 2.75 bits per heavy atom. The van der Waals surface area contributed by atoms with E-state index in [1.165, 1.54) is 36.8 Å². The van der Waals surface area contributed by atoms with Gasteiger partial charge in [0.05, 0.1) is 12.0 Å². The smallest absolute Gasteiger partial charge is 0.267 e. The molecule has 0 amide bonds. The van der Waals surface area contributed by atoms with Gasteiger partial charge in [0, 0.05) is 0 Å². The molecule has 1 aromatic rings. The topological polar surface area (TPSA) is 43.4 Å². The molecular weight excluding hydrogens is 272 g/mol. The summed E-state index contributed by atoms with van der Waals surface area (Å²) in [7, 11) is -3.53. The minimum Gasteiger partial charge on any atom is -0.267 e. The number of rotatable bonds is 7. The lowest BCUT2D eigenvalue weighted by atomic mass is 9.95. The van der Waals surface area contributed by atoms with Crippen LogP contribution in [0.3, 0.4) is 0 Å². The second-order valence-corrected chi connectivity index (χ2v) is 6.87. The van der Waals surface area contributed by atoms with E-state index in [4.69, 9.17) is 4.18 Å². The maximum atomic E-state index is 11.1. The van der Waals surface area contributed by atoms with Crippen molar-refractivity contribution in [2.45, 2.75) is 44.4 Å². The van der Waals surface area contributed by atoms with E-state index in [1.54, 1.807) is 0 Å². The van der Waals surface area contributed by atoms with E-state index in [1.807, 2.05) is 0 Å². The predicted octanol–water partition coefficient (Wildman–Crippen LogP) is 3.77. The van der Waals surface area contributed by atoms with Crippen LogP contribution in [0.15, 0.2) is 36.3 Å². The SMILES string of the molecule is C=CS(=O)(=O)OCCCc1cccc(C2CCCC2)c1. The zero-order valence-corrected chi connectivity index (χ0v) is 12.6. The highest BCUT2D eigenvalue weighted by atomic mass is 32.2. The average Bonchev–Trinajstić information content (AvgIpc) is 2.98. The molecule has 0 radical (unpaired) electrons. The van der Waals surface area contributed by atoms with Gasteiger partial charge in [-0.25, -0.2) is 0 Å². The van der Waals surface area contributed by atoms with Gasteiger partial charge in [0.1, 0.15) is 0 Å². The fourth-order valence-corrected chi connectivity index (χ4v) is 3.21. The zero-order chi connectivity index (χ0) is 14.4. The van der Waals surface area contributed by atoms with E-state index < -0.39 is 10.1 Å². The summed E-state index contributed by atoms with van der Waals surface area (Å²) in [6.45, 7) is 3.42. The highest BCUT2D eigenvalue weighted by Gasteiger charge is 2.16. The molecule has 0 unspecified atom stereocenters. The number of benzene rings is 1. The molecule has 1 aliphatic carbocycles. The Morgan fingerprint density at radius 2 is 2.05 bits per heavy atom. The molecule has 110 valence electrons. The van der Waals surface area contributed by atoms with Gasteiger partial charge in [-0.15, -0.1) is 0 Å². The second-order valence-electron chi connectivity index (χ2n) is 5.31. The second kappa shape index (κ2) is 7.04. The maximum Gasteiger partial charge on any atom is 0.289 e. The Balaban J connectivity index is 1.84. The number of hydrogen-bond acceptors (Lipinski definition) is 3. The van der Waals surface area contributed by atoms with Gasteiger partial charge in [-0.2, -0.15) is 8.42 Å². The van der Waals surface area contributed by atoms with Crippen molar-refractivity contribution < 1.29 is 12.6 Å². The van der Waals surface area contributed by atoms with Crippen molar-refractivity contribution in [3.8, 4) is 0 Å². The van der Waals surface area contributed by atoms with Crippen LogP contribution in [0, 0.1) is 0 Å². The van der Waals surface area contributed by atoms with Crippen molar-refractivity contribution in [2.75, 3.05) is 6.61 Å². The van der Waals surface area contributed by atoms with Crippen molar-refractivity contribution in [3.63, 3.8) is 0 Å². The first-order valence-corrected chi connectivity index (χ1v) is 8.68. The molecule has 0 saturated heterocycles. The first-order chi connectivity index (χ1) is 9.61. The molecule has 1 fully saturated rings. The lowest BCUT2D eigenvalue weighted by Gasteiger charge is -2.11. The van der Waals surface area contributed by atoms with E-state index in [-0.39, 0.29) is 6.61 Å². The van der Waals surface area contributed by atoms with Crippen molar-refractivity contribution in [3.05, 3.63) is 47.4 Å². The summed E-state index contributed by atoms with van der Waals surface area (Å²) in [6.07, 6.45) is 6.80. The third-order valence-electron chi connectivity index (χ3n) is 3.84. The summed E-state index contributed by atoms with van der Waals surface area (Å²) >= 11 is 0. The van der Waals surface area contributed by atoms with Crippen LogP contribution in [0.2, 0.25) is 0 Å². The fraction of sp³-hybridized carbons (Fsp3) is 0.500. The lowest BCUT2D eigenvalue weighted by molar-refractivity contribution is 0.318. The van der Waals surface area contributed by atoms with E-state index >= 15 is 0 Å². The van der Waals surface area contributed by atoms with Gasteiger partial charge >= 0.3 is 0 Å². The summed E-state index contributed by atoms with van der Waals surface area (Å²) in [6, 6.07) is 8.67. The van der Waals surface area contributed by atoms with E-state index in [0.717, 1.165) is 11.8 Å². The summed E-state index contributed by atoms with van der Waals surface area (Å²) in [5, 5.41) is 0.841. The van der Waals surface area contributed by atoms with Crippen LogP contribution in [0.4, 0.5) is 0 Å². The molecule has 0 heterocycles. The largest absolute Gasteiger partial charge is 0.289 e. The zero-order valence-electron chi connectivity index (χ0n) is 11.8. The maximum absolute atomic E-state index is 11.1. The third-order valence-corrected chi connectivity index (χ3v) is 4.74. The molecular formula is C16H22O3S. The Kier molecular flexibility index (Phi) is 5.38. The van der Waals surface area contributed by atoms with Crippen LogP contribution < -0.4 is 0 Å². The molecule has 0 atom stereocenters. The minimum atomic E-state index is -3.53. The van der Waals surface area contributed by atoms with Crippen molar-refractivity contribution in [2.24, 2.45) is 0 Å². The van der Waals surface area contributed by atoms with Crippen LogP contribution in [0.25, 0.3) is 0 Å². The predicted molar refractivity (Wildman–Crippen MR) is 81.0 cm³/mol. The van der Waals surface area contributed by atoms with Gasteiger partial charge in [0.25, 0.3) is 10.1 Å². The van der Waals surface area contributed by atoms with E-state index in [0.29, 0.717) is 12.3 Å². The normalized spacial score (nSPS) is 16.4. The van der Waals surface area contributed by atoms with Crippen molar-refractivity contribution in [1.29, 1.82) is 0 Å². The van der Waals surface area contributed by atoms with Gasteiger partial charge in [0.2, 0.25) is 0 Å². The molecule has 20 heavy (non-hydrogen) atoms. The molecule has 0 aliphatic heterocycles. The van der Waals surface area contributed by atoms with Gasteiger partial charge in [-0.1, -0.05) is 43.7 Å². The molecule has 4 heteroatoms. The molecule has 0 spiro atoms. The number of aryl methyl sites for hydroxylation is 1. The Bertz CT molecular complexity index is 543. The Hall–Kier alpha value is -1.13. The van der Waals surface area contributed by atoms with Crippen LogP contribution >= 0.6 is 0 Å². The third kappa shape index (κ3) is 4.46. The highest BCUT2D eigenvalue weighted by Crippen LogP contribution is 2.34. The van der Waals surface area contributed by atoms with Crippen LogP contribution in [-0.2, 0) is 20.7 Å². The molecule has 0 N–H and O–H groups in total. The van der Waals surface area contributed by atoms with Gasteiger partial charge < -0.3 is 0 Å². The Morgan fingerprint density at radius 1 is 1.30 bits per heavy atom. The molecule has 0 aromatic heterocycles. The molecule has 3 nitrogen and oxygen atoms in total. The standard InChI is InChI=1S/C16H22O3S/c1-2-20(17,18)19-12-6-8-14-7-5-11-16(13-14)15-9-3-4-10-15/h2,5,7,11,13,15H,1,3-4,6,8-10,12H2. The molecule has 1 aromatic carbocycles. The molecule has 1 saturated carbocycles. The quantitative estimate of drug-likeness (QED) is 0.568. The van der Waals surface area contributed by atoms with Crippen molar-refractivity contribution >= 4 is 10.1 Å². The molecule has 1 aliphatic rings. The average molecular weight is 294 g/mol. The van der Waals surface area contributed by atoms with Crippen LogP contribution in [0.5, 0.6) is 0 Å². The molecule has 0 bridgehead atoms. The lowest BCUT2D eigenvalue weighted by Crippen LogP contribution is -2.04. The van der Waals surface area contributed by atoms with Crippen LogP contribution in [-0.4, -0.2) is 15.0 Å². The number of hydrogen-bond donors (Lipinski definition) is 0. The monoisotopic (exact) mass is 294 g/mol. The minimum absolute atomic E-state index is 0.210. The molecule has 2 rings (SSSR count). The van der Waals surface area contributed by atoms with E-state index in [2.05, 4.69) is 30.8 Å². The first kappa shape index (κ1) is 15.3. The van der Waals surface area contributed by atoms with E-state index in [9.17, 15) is 8.42 Å². The van der Waals surface area contributed by atoms with Gasteiger partial charge in [-0.3, -0.25) is 4.18 Å². The first-order valence-electron chi connectivity index (χ1n) is 7.21. The summed E-state index contributed by atoms with van der Waals surface area (Å²) in [5.74, 6) is 0.715. The summed E-state index contributed by atoms with van der Waals surface area (Å²) < 4.78 is 27.0. The fourth-order valence-electron chi connectivity index (χ4n) is 2.76. The van der Waals surface area contributed by atoms with Crippen LogP contribution in [0.1, 0.15) is 49.1 Å². The highest BCUT2D eigenvalue weighted by molar-refractivity contribution is 7.89. The van der Waals surface area contributed by atoms with Gasteiger partial charge in [-0.05, 0) is 42.7 Å². The summed E-state index contributed by atoms with van der Waals surface area (Å²) in [5.41, 5.74) is 2.69. The summed E-state index contributed by atoms with van der Waals surface area (Å²) in [4.78, 5) is 0. The van der Waals surface area contributed by atoms with Gasteiger partial charge in [0.15, 0.2) is 0 Å². The van der Waals surface area contributed by atoms with Crippen molar-refractivity contribution in [1.82, 2.24) is 0 Å².